The summed E-state index contributed by atoms with van der Waals surface area (Å²) in [5.41, 5.74) is 1.14. The lowest BCUT2D eigenvalue weighted by atomic mass is 10.0. The summed E-state index contributed by atoms with van der Waals surface area (Å²) in [5, 5.41) is 3.65. The molecule has 0 bridgehead atoms. The standard InChI is InChI=1S/C30H35Cl2N3O5S/c1-30(2,3)33-29(37)26(17-21-10-7-6-8-11-21)34(19-22-12-9-13-23(31)16-22)28(36)20-35(41(5,38)39)24-14-15-27(40-4)25(32)18-24/h6-16,18,26H,17,19-20H2,1-5H3,(H,33,37)/t26-/m0/s1. The SMILES string of the molecule is COc1ccc(N(CC(=O)N(Cc2cccc(Cl)c2)[C@@H](Cc2ccccc2)C(=O)NC(C)(C)C)S(C)(=O)=O)cc1Cl. The summed E-state index contributed by atoms with van der Waals surface area (Å²) in [7, 11) is -2.48. The van der Waals surface area contributed by atoms with Gasteiger partial charge in [-0.15, -0.1) is 0 Å². The number of rotatable bonds is 11. The third-order valence-electron chi connectivity index (χ3n) is 6.11. The van der Waals surface area contributed by atoms with Crippen LogP contribution < -0.4 is 14.4 Å². The zero-order valence-electron chi connectivity index (χ0n) is 23.7. The smallest absolute Gasteiger partial charge is 0.244 e. The van der Waals surface area contributed by atoms with E-state index in [9.17, 15) is 18.0 Å². The second-order valence-electron chi connectivity index (χ2n) is 10.7. The first kappa shape index (κ1) is 32.2. The molecule has 1 atom stereocenters. The maximum Gasteiger partial charge on any atom is 0.244 e. The van der Waals surface area contributed by atoms with Crippen molar-refractivity contribution in [2.45, 2.75) is 45.3 Å². The van der Waals surface area contributed by atoms with Gasteiger partial charge in [-0.1, -0.05) is 65.7 Å². The number of halogens is 2. The molecule has 0 heterocycles. The van der Waals surface area contributed by atoms with Crippen LogP contribution in [-0.4, -0.2) is 56.6 Å². The first-order valence-corrected chi connectivity index (χ1v) is 15.5. The van der Waals surface area contributed by atoms with Crippen LogP contribution in [0, 0.1) is 0 Å². The van der Waals surface area contributed by atoms with Gasteiger partial charge in [0.05, 0.1) is 24.1 Å². The van der Waals surface area contributed by atoms with Gasteiger partial charge >= 0.3 is 0 Å². The molecule has 0 aliphatic heterocycles. The van der Waals surface area contributed by atoms with Crippen LogP contribution in [0.15, 0.2) is 72.8 Å². The number of hydrogen-bond acceptors (Lipinski definition) is 5. The van der Waals surface area contributed by atoms with Crippen molar-refractivity contribution >= 4 is 50.7 Å². The minimum absolute atomic E-state index is 0.0232. The topological polar surface area (TPSA) is 96.0 Å². The highest BCUT2D eigenvalue weighted by Gasteiger charge is 2.34. The molecule has 2 amide bonds. The molecule has 0 fully saturated rings. The van der Waals surface area contributed by atoms with Gasteiger partial charge in [-0.3, -0.25) is 13.9 Å². The maximum atomic E-state index is 14.1. The van der Waals surface area contributed by atoms with Crippen molar-refractivity contribution in [1.82, 2.24) is 10.2 Å². The van der Waals surface area contributed by atoms with E-state index in [0.29, 0.717) is 16.3 Å². The zero-order chi connectivity index (χ0) is 30.4. The largest absolute Gasteiger partial charge is 0.495 e. The normalized spacial score (nSPS) is 12.4. The summed E-state index contributed by atoms with van der Waals surface area (Å²) in [6.07, 6.45) is 1.22. The van der Waals surface area contributed by atoms with Gasteiger partial charge in [-0.05, 0) is 62.2 Å². The number of nitrogens with one attached hydrogen (secondary N) is 1. The van der Waals surface area contributed by atoms with Crippen molar-refractivity contribution in [2.75, 3.05) is 24.2 Å². The first-order chi connectivity index (χ1) is 19.2. The Bertz CT molecular complexity index is 1480. The van der Waals surface area contributed by atoms with E-state index in [2.05, 4.69) is 5.32 Å². The number of hydrogen-bond donors (Lipinski definition) is 1. The predicted octanol–water partition coefficient (Wildman–Crippen LogP) is 5.32. The van der Waals surface area contributed by atoms with Crippen LogP contribution in [0.4, 0.5) is 5.69 Å². The van der Waals surface area contributed by atoms with Gasteiger partial charge in [0, 0.05) is 23.5 Å². The zero-order valence-corrected chi connectivity index (χ0v) is 26.1. The molecular formula is C30H35Cl2N3O5S. The molecule has 0 aromatic heterocycles. The Morgan fingerprint density at radius 3 is 2.17 bits per heavy atom. The first-order valence-electron chi connectivity index (χ1n) is 12.9. The van der Waals surface area contributed by atoms with Crippen molar-refractivity contribution < 1.29 is 22.7 Å². The molecule has 0 saturated carbocycles. The van der Waals surface area contributed by atoms with Crippen molar-refractivity contribution in [3.05, 3.63) is 94.0 Å². The molecule has 0 aliphatic rings. The molecule has 41 heavy (non-hydrogen) atoms. The molecule has 11 heteroatoms. The minimum atomic E-state index is -3.93. The van der Waals surface area contributed by atoms with Crippen molar-refractivity contribution in [3.8, 4) is 5.75 Å². The lowest BCUT2D eigenvalue weighted by Gasteiger charge is -2.35. The van der Waals surface area contributed by atoms with Crippen molar-refractivity contribution in [2.24, 2.45) is 0 Å². The fraction of sp³-hybridized carbons (Fsp3) is 0.333. The molecule has 0 saturated heterocycles. The van der Waals surface area contributed by atoms with E-state index < -0.39 is 34.1 Å². The summed E-state index contributed by atoms with van der Waals surface area (Å²) in [6, 6.07) is 19.8. The van der Waals surface area contributed by atoms with Gasteiger partial charge in [0.25, 0.3) is 0 Å². The van der Waals surface area contributed by atoms with Gasteiger partial charge in [-0.2, -0.15) is 0 Å². The van der Waals surface area contributed by atoms with Crippen LogP contribution >= 0.6 is 23.2 Å². The fourth-order valence-corrected chi connectivity index (χ4v) is 5.57. The molecule has 1 N–H and O–H groups in total. The summed E-state index contributed by atoms with van der Waals surface area (Å²) >= 11 is 12.5. The summed E-state index contributed by atoms with van der Waals surface area (Å²) in [4.78, 5) is 29.3. The molecule has 3 rings (SSSR count). The lowest BCUT2D eigenvalue weighted by Crippen LogP contribution is -2.56. The van der Waals surface area contributed by atoms with E-state index >= 15 is 0 Å². The number of carbonyl (C=O) groups excluding carboxylic acids is 2. The van der Waals surface area contributed by atoms with Crippen LogP contribution in [0.25, 0.3) is 0 Å². The van der Waals surface area contributed by atoms with Crippen LogP contribution in [-0.2, 0) is 32.6 Å². The number of amides is 2. The Morgan fingerprint density at radius 2 is 1.61 bits per heavy atom. The van der Waals surface area contributed by atoms with Crippen LogP contribution in [0.3, 0.4) is 0 Å². The van der Waals surface area contributed by atoms with E-state index in [0.717, 1.165) is 16.1 Å². The van der Waals surface area contributed by atoms with Gasteiger partial charge in [0.15, 0.2) is 0 Å². The number of methoxy groups -OCH3 is 1. The lowest BCUT2D eigenvalue weighted by molar-refractivity contribution is -0.140. The average molecular weight is 621 g/mol. The third-order valence-corrected chi connectivity index (χ3v) is 7.78. The molecule has 0 unspecified atom stereocenters. The fourth-order valence-electron chi connectivity index (χ4n) is 4.26. The Morgan fingerprint density at radius 1 is 0.951 bits per heavy atom. The van der Waals surface area contributed by atoms with E-state index in [4.69, 9.17) is 27.9 Å². The van der Waals surface area contributed by atoms with Gasteiger partial charge in [-0.25, -0.2) is 8.42 Å². The number of nitrogens with zero attached hydrogens (tertiary/aromatic N) is 2. The summed E-state index contributed by atoms with van der Waals surface area (Å²) in [5.74, 6) is -0.581. The van der Waals surface area contributed by atoms with Crippen molar-refractivity contribution in [1.29, 1.82) is 0 Å². The number of benzene rings is 3. The summed E-state index contributed by atoms with van der Waals surface area (Å²) < 4.78 is 32.0. The minimum Gasteiger partial charge on any atom is -0.495 e. The molecular weight excluding hydrogens is 585 g/mol. The van der Waals surface area contributed by atoms with Crippen LogP contribution in [0.5, 0.6) is 5.75 Å². The van der Waals surface area contributed by atoms with Crippen molar-refractivity contribution in [3.63, 3.8) is 0 Å². The number of carbonyl (C=O) groups is 2. The molecule has 3 aromatic rings. The van der Waals surface area contributed by atoms with Gasteiger partial charge in [0.2, 0.25) is 21.8 Å². The number of ether oxygens (including phenoxy) is 1. The van der Waals surface area contributed by atoms with E-state index in [1.807, 2.05) is 51.1 Å². The third kappa shape index (κ3) is 9.38. The second kappa shape index (κ2) is 13.6. The van der Waals surface area contributed by atoms with Crippen LogP contribution in [0.2, 0.25) is 10.0 Å². The summed E-state index contributed by atoms with van der Waals surface area (Å²) in [6.45, 7) is 5.02. The van der Waals surface area contributed by atoms with Gasteiger partial charge in [0.1, 0.15) is 18.3 Å². The Balaban J connectivity index is 2.09. The highest BCUT2D eigenvalue weighted by molar-refractivity contribution is 7.92. The molecule has 3 aromatic carbocycles. The van der Waals surface area contributed by atoms with E-state index in [1.54, 1.807) is 24.3 Å². The van der Waals surface area contributed by atoms with Gasteiger partial charge < -0.3 is 15.0 Å². The highest BCUT2D eigenvalue weighted by Crippen LogP contribution is 2.30. The van der Waals surface area contributed by atoms with Crippen LogP contribution in [0.1, 0.15) is 31.9 Å². The molecule has 0 spiro atoms. The Kier molecular flexibility index (Phi) is 10.7. The monoisotopic (exact) mass is 619 g/mol. The maximum absolute atomic E-state index is 14.1. The highest BCUT2D eigenvalue weighted by atomic mass is 35.5. The Labute approximate surface area is 252 Å². The average Bonchev–Trinajstić information content (AvgIpc) is 2.88. The molecule has 0 radical (unpaired) electrons. The quantitative estimate of drug-likeness (QED) is 0.313. The number of sulfonamides is 1. The molecule has 0 aliphatic carbocycles. The van der Waals surface area contributed by atoms with E-state index in [-0.39, 0.29) is 29.6 Å². The predicted molar refractivity (Wildman–Crippen MR) is 164 cm³/mol. The Hall–Kier alpha value is -3.27. The second-order valence-corrected chi connectivity index (χ2v) is 13.4. The van der Waals surface area contributed by atoms with E-state index in [1.165, 1.54) is 30.2 Å². The molecule has 220 valence electrons. The molecule has 8 nitrogen and oxygen atoms in total. The number of anilines is 1.